The number of hydrogen-bond donors (Lipinski definition) is 0. The van der Waals surface area contributed by atoms with E-state index in [-0.39, 0.29) is 5.39 Å². The van der Waals surface area contributed by atoms with Crippen molar-refractivity contribution in [3.05, 3.63) is 78.6 Å². The zero-order chi connectivity index (χ0) is 23.4. The van der Waals surface area contributed by atoms with Crippen molar-refractivity contribution in [2.45, 2.75) is 31.9 Å². The molecule has 0 spiro atoms. The minimum absolute atomic E-state index is 0.215. The summed E-state index contributed by atoms with van der Waals surface area (Å²) in [4.78, 5) is 0. The van der Waals surface area contributed by atoms with E-state index in [1.54, 1.807) is 18.2 Å². The number of rotatable bonds is 4. The van der Waals surface area contributed by atoms with Crippen molar-refractivity contribution in [1.82, 2.24) is 0 Å². The Balaban J connectivity index is 1.48. The van der Waals surface area contributed by atoms with E-state index < -0.39 is 24.3 Å². The number of benzene rings is 3. The summed E-state index contributed by atoms with van der Waals surface area (Å²) in [5.74, 6) is 6.51. The molecule has 33 heavy (non-hydrogen) atoms. The van der Waals surface area contributed by atoms with E-state index in [4.69, 9.17) is 0 Å². The summed E-state index contributed by atoms with van der Waals surface area (Å²) >= 11 is 0. The van der Waals surface area contributed by atoms with Crippen molar-refractivity contribution in [2.75, 3.05) is 6.61 Å². The second-order valence-electron chi connectivity index (χ2n) is 8.41. The molecule has 3 aromatic rings. The third-order valence-electron chi connectivity index (χ3n) is 6.05. The van der Waals surface area contributed by atoms with Gasteiger partial charge in [0.15, 0.2) is 18.2 Å². The molecule has 0 aromatic heterocycles. The average molecular weight is 452 g/mol. The van der Waals surface area contributed by atoms with Crippen LogP contribution in [0.5, 0.6) is 5.75 Å². The van der Waals surface area contributed by atoms with E-state index in [2.05, 4.69) is 23.2 Å². The van der Waals surface area contributed by atoms with E-state index in [1.807, 2.05) is 36.4 Å². The molecule has 0 heterocycles. The molecule has 0 N–H and O–H groups in total. The smallest absolute Gasteiger partial charge is 0.422 e. The van der Waals surface area contributed by atoms with Gasteiger partial charge in [-0.05, 0) is 72.4 Å². The molecule has 0 radical (unpaired) electrons. The number of allylic oxidation sites excluding steroid dienone is 1. The molecule has 1 aliphatic carbocycles. The molecule has 0 atom stereocenters. The van der Waals surface area contributed by atoms with E-state index in [1.165, 1.54) is 6.07 Å². The molecular formula is C28H24F4O. The molecule has 1 saturated carbocycles. The maximum absolute atomic E-state index is 14.6. The molecule has 5 heteroatoms. The van der Waals surface area contributed by atoms with Gasteiger partial charge in [-0.3, -0.25) is 0 Å². The van der Waals surface area contributed by atoms with Gasteiger partial charge in [0.1, 0.15) is 0 Å². The second-order valence-corrected chi connectivity index (χ2v) is 8.41. The first-order chi connectivity index (χ1) is 15.8. The first-order valence-corrected chi connectivity index (χ1v) is 11.0. The third kappa shape index (κ3) is 5.76. The summed E-state index contributed by atoms with van der Waals surface area (Å²) in [5, 5.41) is 0.801. The summed E-state index contributed by atoms with van der Waals surface area (Å²) in [5.41, 5.74) is 2.78. The van der Waals surface area contributed by atoms with Gasteiger partial charge in [-0.25, -0.2) is 4.39 Å². The first kappa shape index (κ1) is 22.9. The fraction of sp³-hybridized carbons (Fsp3) is 0.286. The van der Waals surface area contributed by atoms with Crippen LogP contribution in [0.2, 0.25) is 0 Å². The lowest BCUT2D eigenvalue weighted by Gasteiger charge is -2.22. The van der Waals surface area contributed by atoms with E-state index in [0.29, 0.717) is 17.2 Å². The molecule has 4 rings (SSSR count). The van der Waals surface area contributed by atoms with Gasteiger partial charge in [-0.15, -0.1) is 6.58 Å². The quantitative estimate of drug-likeness (QED) is 0.222. The van der Waals surface area contributed by atoms with Crippen molar-refractivity contribution < 1.29 is 22.3 Å². The Bertz CT molecular complexity index is 1190. The summed E-state index contributed by atoms with van der Waals surface area (Å²) in [7, 11) is 0. The Labute approximate surface area is 191 Å². The zero-order valence-electron chi connectivity index (χ0n) is 18.1. The monoisotopic (exact) mass is 452 g/mol. The highest BCUT2D eigenvalue weighted by atomic mass is 19.4. The summed E-state index contributed by atoms with van der Waals surface area (Å²) in [6.07, 6.45) is 2.05. The van der Waals surface area contributed by atoms with Crippen LogP contribution in [0.25, 0.3) is 21.9 Å². The lowest BCUT2D eigenvalue weighted by molar-refractivity contribution is -0.153. The van der Waals surface area contributed by atoms with Gasteiger partial charge >= 0.3 is 6.18 Å². The number of hydrogen-bond acceptors (Lipinski definition) is 1. The third-order valence-corrected chi connectivity index (χ3v) is 6.05. The zero-order valence-corrected chi connectivity index (χ0v) is 18.1. The Morgan fingerprint density at radius 3 is 2.30 bits per heavy atom. The molecule has 1 fully saturated rings. The minimum Gasteiger partial charge on any atom is -0.481 e. The number of alkyl halides is 3. The van der Waals surface area contributed by atoms with Crippen LogP contribution in [-0.4, -0.2) is 12.8 Å². The largest absolute Gasteiger partial charge is 0.481 e. The Morgan fingerprint density at radius 1 is 0.939 bits per heavy atom. The number of halogens is 4. The van der Waals surface area contributed by atoms with Crippen LogP contribution in [0, 0.1) is 29.5 Å². The minimum atomic E-state index is -4.52. The van der Waals surface area contributed by atoms with Crippen LogP contribution in [0.1, 0.15) is 31.2 Å². The van der Waals surface area contributed by atoms with Gasteiger partial charge < -0.3 is 4.74 Å². The summed E-state index contributed by atoms with van der Waals surface area (Å²) in [6, 6.07) is 15.8. The standard InChI is InChI=1S/C28H24F4O/c1-2-19-3-5-20(6-4-19)7-8-21-9-11-22(12-10-21)23-13-15-25-24(17-23)14-16-26(27(25)29)33-18-28(30,31)32/h2,9-17,19-20H,1,3-6,18H2. The van der Waals surface area contributed by atoms with Crippen LogP contribution in [0.4, 0.5) is 17.6 Å². The fourth-order valence-corrected chi connectivity index (χ4v) is 4.15. The van der Waals surface area contributed by atoms with Gasteiger partial charge in [0.05, 0.1) is 0 Å². The van der Waals surface area contributed by atoms with E-state index in [9.17, 15) is 17.6 Å². The lowest BCUT2D eigenvalue weighted by atomic mass is 9.82. The van der Waals surface area contributed by atoms with Gasteiger partial charge in [0.25, 0.3) is 0 Å². The lowest BCUT2D eigenvalue weighted by Crippen LogP contribution is -2.19. The molecule has 1 nitrogen and oxygen atoms in total. The molecular weight excluding hydrogens is 428 g/mol. The predicted molar refractivity (Wildman–Crippen MR) is 123 cm³/mol. The van der Waals surface area contributed by atoms with Gasteiger partial charge in [0.2, 0.25) is 0 Å². The van der Waals surface area contributed by atoms with Crippen LogP contribution >= 0.6 is 0 Å². The normalized spacial score (nSPS) is 18.4. The van der Waals surface area contributed by atoms with Crippen LogP contribution in [-0.2, 0) is 0 Å². The van der Waals surface area contributed by atoms with Gasteiger partial charge in [-0.1, -0.05) is 48.2 Å². The Morgan fingerprint density at radius 2 is 1.64 bits per heavy atom. The summed E-state index contributed by atoms with van der Waals surface area (Å²) < 4.78 is 56.3. The Hall–Kier alpha value is -3.26. The number of ether oxygens (including phenoxy) is 1. The van der Waals surface area contributed by atoms with E-state index >= 15 is 0 Å². The maximum atomic E-state index is 14.6. The van der Waals surface area contributed by atoms with E-state index in [0.717, 1.165) is 42.4 Å². The van der Waals surface area contributed by atoms with Gasteiger partial charge in [0, 0.05) is 16.9 Å². The Kier molecular flexibility index (Phi) is 6.74. The highest BCUT2D eigenvalue weighted by molar-refractivity contribution is 5.89. The molecule has 1 aliphatic rings. The van der Waals surface area contributed by atoms with Crippen molar-refractivity contribution >= 4 is 10.8 Å². The van der Waals surface area contributed by atoms with Crippen molar-refractivity contribution in [3.63, 3.8) is 0 Å². The molecule has 0 unspecified atom stereocenters. The van der Waals surface area contributed by atoms with Crippen molar-refractivity contribution in [2.24, 2.45) is 11.8 Å². The van der Waals surface area contributed by atoms with Crippen molar-refractivity contribution in [3.8, 4) is 28.7 Å². The fourth-order valence-electron chi connectivity index (χ4n) is 4.15. The van der Waals surface area contributed by atoms with Crippen LogP contribution < -0.4 is 4.74 Å². The molecule has 3 aromatic carbocycles. The summed E-state index contributed by atoms with van der Waals surface area (Å²) in [6.45, 7) is 2.35. The highest BCUT2D eigenvalue weighted by Gasteiger charge is 2.29. The molecule has 0 aliphatic heterocycles. The first-order valence-electron chi connectivity index (χ1n) is 11.0. The van der Waals surface area contributed by atoms with Crippen LogP contribution in [0.15, 0.2) is 67.3 Å². The second kappa shape index (κ2) is 9.70. The maximum Gasteiger partial charge on any atom is 0.422 e. The highest BCUT2D eigenvalue weighted by Crippen LogP contribution is 2.32. The average Bonchev–Trinajstić information content (AvgIpc) is 2.82. The predicted octanol–water partition coefficient (Wildman–Crippen LogP) is 7.93. The topological polar surface area (TPSA) is 9.23 Å². The van der Waals surface area contributed by atoms with Crippen molar-refractivity contribution in [1.29, 1.82) is 0 Å². The molecule has 0 amide bonds. The molecule has 0 saturated heterocycles. The molecule has 170 valence electrons. The number of fused-ring (bicyclic) bond motifs is 1. The molecule has 0 bridgehead atoms. The van der Waals surface area contributed by atoms with Gasteiger partial charge in [-0.2, -0.15) is 13.2 Å². The van der Waals surface area contributed by atoms with Crippen LogP contribution in [0.3, 0.4) is 0 Å². The SMILES string of the molecule is C=CC1CCC(C#Cc2ccc(-c3ccc4c(F)c(OCC(F)(F)F)ccc4c3)cc2)CC1.